The number of hydrogen-bond donors (Lipinski definition) is 1. The van der Waals surface area contributed by atoms with E-state index < -0.39 is 0 Å². The monoisotopic (exact) mass is 219 g/mol. The van der Waals surface area contributed by atoms with Crippen LogP contribution in [0.15, 0.2) is 30.9 Å². The summed E-state index contributed by atoms with van der Waals surface area (Å²) in [6.07, 6.45) is 1.83. The van der Waals surface area contributed by atoms with Crippen molar-refractivity contribution in [3.05, 3.63) is 42.0 Å². The van der Waals surface area contributed by atoms with Crippen molar-refractivity contribution in [2.24, 2.45) is 0 Å². The number of rotatable bonds is 5. The van der Waals surface area contributed by atoms with E-state index in [1.54, 1.807) is 6.08 Å². The maximum Gasteiger partial charge on any atom is 0.125 e. The van der Waals surface area contributed by atoms with Crippen LogP contribution in [0.4, 0.5) is 0 Å². The first-order valence-corrected chi connectivity index (χ1v) is 5.65. The maximum absolute atomic E-state index is 5.84. The first-order valence-electron chi connectivity index (χ1n) is 5.65. The van der Waals surface area contributed by atoms with Crippen LogP contribution in [0.1, 0.15) is 31.0 Å². The third kappa shape index (κ3) is 3.11. The van der Waals surface area contributed by atoms with Crippen LogP contribution in [0.5, 0.6) is 5.75 Å². The summed E-state index contributed by atoms with van der Waals surface area (Å²) >= 11 is 0. The smallest absolute Gasteiger partial charge is 0.125 e. The van der Waals surface area contributed by atoms with Crippen molar-refractivity contribution < 1.29 is 4.74 Å². The van der Waals surface area contributed by atoms with Gasteiger partial charge in [0, 0.05) is 11.6 Å². The Balaban J connectivity index is 3.02. The Morgan fingerprint density at radius 3 is 2.62 bits per heavy atom. The van der Waals surface area contributed by atoms with Gasteiger partial charge in [0.1, 0.15) is 11.9 Å². The number of hydrogen-bond acceptors (Lipinski definition) is 2. The summed E-state index contributed by atoms with van der Waals surface area (Å²) in [5, 5.41) is 3.23. The van der Waals surface area contributed by atoms with Crippen LogP contribution in [0.3, 0.4) is 0 Å². The standard InChI is InChI=1S/C14H21NO/c1-6-11(3)16-14-9-10(2)7-8-13(14)12(4)15-5/h6-9,11-12,15H,1H2,2-5H3. The molecule has 0 saturated heterocycles. The van der Waals surface area contributed by atoms with E-state index in [2.05, 4.69) is 43.9 Å². The van der Waals surface area contributed by atoms with E-state index in [-0.39, 0.29) is 12.1 Å². The molecule has 0 aromatic heterocycles. The lowest BCUT2D eigenvalue weighted by Gasteiger charge is -2.19. The van der Waals surface area contributed by atoms with Gasteiger partial charge >= 0.3 is 0 Å². The van der Waals surface area contributed by atoms with Crippen molar-refractivity contribution in [1.82, 2.24) is 5.32 Å². The molecule has 1 N–H and O–H groups in total. The van der Waals surface area contributed by atoms with Gasteiger partial charge < -0.3 is 10.1 Å². The molecule has 0 radical (unpaired) electrons. The van der Waals surface area contributed by atoms with E-state index in [1.807, 2.05) is 14.0 Å². The lowest BCUT2D eigenvalue weighted by atomic mass is 10.1. The average molecular weight is 219 g/mol. The summed E-state index contributed by atoms with van der Waals surface area (Å²) in [5.41, 5.74) is 2.39. The van der Waals surface area contributed by atoms with Crippen molar-refractivity contribution in [3.8, 4) is 5.75 Å². The molecule has 2 unspecified atom stereocenters. The van der Waals surface area contributed by atoms with Gasteiger partial charge in [0.15, 0.2) is 0 Å². The van der Waals surface area contributed by atoms with Gasteiger partial charge in [-0.15, -0.1) is 0 Å². The van der Waals surface area contributed by atoms with Crippen molar-refractivity contribution >= 4 is 0 Å². The predicted molar refractivity (Wildman–Crippen MR) is 68.9 cm³/mol. The van der Waals surface area contributed by atoms with Crippen LogP contribution in [0.2, 0.25) is 0 Å². The summed E-state index contributed by atoms with van der Waals surface area (Å²) in [4.78, 5) is 0. The highest BCUT2D eigenvalue weighted by molar-refractivity contribution is 5.39. The van der Waals surface area contributed by atoms with Crippen molar-refractivity contribution in [1.29, 1.82) is 0 Å². The molecule has 0 aliphatic rings. The fourth-order valence-electron chi connectivity index (χ4n) is 1.51. The average Bonchev–Trinajstić information content (AvgIpc) is 2.28. The minimum Gasteiger partial charge on any atom is -0.486 e. The van der Waals surface area contributed by atoms with Crippen LogP contribution in [-0.2, 0) is 0 Å². The largest absolute Gasteiger partial charge is 0.486 e. The second kappa shape index (κ2) is 5.71. The summed E-state index contributed by atoms with van der Waals surface area (Å²) < 4.78 is 5.84. The van der Waals surface area contributed by atoms with Gasteiger partial charge in [-0.1, -0.05) is 24.8 Å². The molecular weight excluding hydrogens is 198 g/mol. The third-order valence-electron chi connectivity index (χ3n) is 2.71. The van der Waals surface area contributed by atoms with Crippen LogP contribution in [0, 0.1) is 6.92 Å². The molecule has 0 heterocycles. The first kappa shape index (κ1) is 12.8. The molecule has 0 bridgehead atoms. The molecule has 0 aliphatic carbocycles. The Hall–Kier alpha value is -1.28. The fourth-order valence-corrected chi connectivity index (χ4v) is 1.51. The number of aryl methyl sites for hydroxylation is 1. The summed E-state index contributed by atoms with van der Waals surface area (Å²) in [6, 6.07) is 6.58. The zero-order valence-electron chi connectivity index (χ0n) is 10.6. The lowest BCUT2D eigenvalue weighted by Crippen LogP contribution is -2.16. The summed E-state index contributed by atoms with van der Waals surface area (Å²) in [6.45, 7) is 9.91. The molecule has 0 saturated carbocycles. The molecule has 16 heavy (non-hydrogen) atoms. The Morgan fingerprint density at radius 1 is 1.38 bits per heavy atom. The minimum atomic E-state index is 0.0320. The van der Waals surface area contributed by atoms with Gasteiger partial charge in [-0.25, -0.2) is 0 Å². The Bertz CT molecular complexity index is 360. The molecule has 88 valence electrons. The number of benzene rings is 1. The quantitative estimate of drug-likeness (QED) is 0.768. The summed E-state index contributed by atoms with van der Waals surface area (Å²) in [5.74, 6) is 0.939. The van der Waals surface area contributed by atoms with E-state index in [9.17, 15) is 0 Å². The predicted octanol–water partition coefficient (Wildman–Crippen LogP) is 3.23. The highest BCUT2D eigenvalue weighted by Gasteiger charge is 2.11. The van der Waals surface area contributed by atoms with Crippen molar-refractivity contribution in [2.45, 2.75) is 32.9 Å². The zero-order valence-corrected chi connectivity index (χ0v) is 10.6. The van der Waals surface area contributed by atoms with Gasteiger partial charge in [-0.2, -0.15) is 0 Å². The van der Waals surface area contributed by atoms with Crippen LogP contribution in [-0.4, -0.2) is 13.2 Å². The highest BCUT2D eigenvalue weighted by atomic mass is 16.5. The topological polar surface area (TPSA) is 21.3 Å². The molecule has 1 rings (SSSR count). The van der Waals surface area contributed by atoms with E-state index in [0.717, 1.165) is 5.75 Å². The van der Waals surface area contributed by atoms with E-state index >= 15 is 0 Å². The minimum absolute atomic E-state index is 0.0320. The molecule has 0 amide bonds. The highest BCUT2D eigenvalue weighted by Crippen LogP contribution is 2.27. The van der Waals surface area contributed by atoms with Crippen LogP contribution in [0.25, 0.3) is 0 Å². The lowest BCUT2D eigenvalue weighted by molar-refractivity contribution is 0.265. The van der Waals surface area contributed by atoms with Crippen LogP contribution >= 0.6 is 0 Å². The Morgan fingerprint density at radius 2 is 2.06 bits per heavy atom. The van der Waals surface area contributed by atoms with Gasteiger partial charge in [0.2, 0.25) is 0 Å². The molecule has 2 nitrogen and oxygen atoms in total. The van der Waals surface area contributed by atoms with Crippen molar-refractivity contribution in [2.75, 3.05) is 7.05 Å². The zero-order chi connectivity index (χ0) is 12.1. The van der Waals surface area contributed by atoms with E-state index in [1.165, 1.54) is 11.1 Å². The SMILES string of the molecule is C=CC(C)Oc1cc(C)ccc1C(C)NC. The summed E-state index contributed by atoms with van der Waals surface area (Å²) in [7, 11) is 1.95. The maximum atomic E-state index is 5.84. The Labute approximate surface area is 98.3 Å². The third-order valence-corrected chi connectivity index (χ3v) is 2.71. The second-order valence-corrected chi connectivity index (χ2v) is 4.11. The van der Waals surface area contributed by atoms with Crippen LogP contribution < -0.4 is 10.1 Å². The van der Waals surface area contributed by atoms with E-state index in [0.29, 0.717) is 0 Å². The molecule has 1 aromatic carbocycles. The van der Waals surface area contributed by atoms with Gasteiger partial charge in [-0.3, -0.25) is 0 Å². The molecule has 0 aliphatic heterocycles. The number of nitrogens with one attached hydrogen (secondary N) is 1. The fraction of sp³-hybridized carbons (Fsp3) is 0.429. The van der Waals surface area contributed by atoms with E-state index in [4.69, 9.17) is 4.74 Å². The van der Waals surface area contributed by atoms with Gasteiger partial charge in [0.05, 0.1) is 0 Å². The van der Waals surface area contributed by atoms with Gasteiger partial charge in [0.25, 0.3) is 0 Å². The molecule has 2 heteroatoms. The first-order chi connectivity index (χ1) is 7.58. The molecule has 0 fully saturated rings. The van der Waals surface area contributed by atoms with Crippen molar-refractivity contribution in [3.63, 3.8) is 0 Å². The Kier molecular flexibility index (Phi) is 4.56. The molecule has 2 atom stereocenters. The second-order valence-electron chi connectivity index (χ2n) is 4.11. The number of ether oxygens (including phenoxy) is 1. The normalized spacial score (nSPS) is 14.2. The molecular formula is C14H21NO. The molecule has 0 spiro atoms. The van der Waals surface area contributed by atoms with Gasteiger partial charge in [-0.05, 0) is 39.4 Å². The molecule has 1 aromatic rings.